The Hall–Kier alpha value is -3.97. The number of rotatable bonds is 8. The minimum atomic E-state index is -4.79. The molecule has 0 saturated carbocycles. The van der Waals surface area contributed by atoms with Crippen molar-refractivity contribution >= 4 is 34.9 Å². The summed E-state index contributed by atoms with van der Waals surface area (Å²) < 4.78 is 42.6. The highest BCUT2D eigenvalue weighted by atomic mass is 32.2. The van der Waals surface area contributed by atoms with Crippen LogP contribution in [0.3, 0.4) is 0 Å². The Morgan fingerprint density at radius 1 is 1.07 bits per heavy atom. The number of nitrogens with zero attached hydrogens (tertiary/aromatic N) is 4. The second-order valence-corrected chi connectivity index (χ2v) is 10.3. The molecule has 2 N–H and O–H groups in total. The third kappa shape index (κ3) is 7.16. The van der Waals surface area contributed by atoms with Crippen LogP contribution in [-0.4, -0.2) is 52.1 Å². The molecule has 3 aromatic rings. The van der Waals surface area contributed by atoms with Crippen molar-refractivity contribution in [1.82, 2.24) is 25.6 Å². The van der Waals surface area contributed by atoms with E-state index in [-0.39, 0.29) is 11.3 Å². The molecule has 13 heteroatoms. The van der Waals surface area contributed by atoms with Crippen molar-refractivity contribution < 1.29 is 27.5 Å². The largest absolute Gasteiger partial charge is 0.573 e. The van der Waals surface area contributed by atoms with Crippen molar-refractivity contribution in [2.75, 3.05) is 24.5 Å². The average molecular weight is 571 g/mol. The number of carbonyl (C=O) groups is 2. The maximum Gasteiger partial charge on any atom is 0.573 e. The van der Waals surface area contributed by atoms with E-state index < -0.39 is 17.5 Å². The van der Waals surface area contributed by atoms with E-state index in [4.69, 9.17) is 0 Å². The Morgan fingerprint density at radius 3 is 2.62 bits per heavy atom. The SMILES string of the molecule is O=C1NC(=O)/C(=C/c2ccnc(N3CCC(CNCc4cccc(-c5ccccc5OC(F)(F)F)n4)CC3)n2)S1. The molecule has 2 amide bonds. The molecule has 2 aromatic heterocycles. The molecule has 0 bridgehead atoms. The van der Waals surface area contributed by atoms with Gasteiger partial charge in [0.2, 0.25) is 5.95 Å². The monoisotopic (exact) mass is 570 g/mol. The summed E-state index contributed by atoms with van der Waals surface area (Å²) in [5.41, 5.74) is 1.95. The van der Waals surface area contributed by atoms with E-state index in [1.54, 1.807) is 42.6 Å². The summed E-state index contributed by atoms with van der Waals surface area (Å²) >= 11 is 0.848. The van der Waals surface area contributed by atoms with Crippen LogP contribution in [0, 0.1) is 5.92 Å². The normalized spacial score (nSPS) is 17.4. The summed E-state index contributed by atoms with van der Waals surface area (Å²) in [5.74, 6) is 0.288. The molecule has 2 fully saturated rings. The third-order valence-electron chi connectivity index (χ3n) is 6.42. The van der Waals surface area contributed by atoms with Gasteiger partial charge in [0, 0.05) is 31.4 Å². The van der Waals surface area contributed by atoms with Crippen molar-refractivity contribution in [3.05, 3.63) is 71.0 Å². The van der Waals surface area contributed by atoms with Gasteiger partial charge in [-0.2, -0.15) is 0 Å². The van der Waals surface area contributed by atoms with Gasteiger partial charge in [-0.3, -0.25) is 19.9 Å². The summed E-state index contributed by atoms with van der Waals surface area (Å²) in [6, 6.07) is 12.9. The number of hydrogen-bond donors (Lipinski definition) is 2. The van der Waals surface area contributed by atoms with Crippen molar-refractivity contribution in [3.63, 3.8) is 0 Å². The molecular formula is C27H25F3N6O3S. The molecular weight excluding hydrogens is 545 g/mol. The van der Waals surface area contributed by atoms with E-state index in [2.05, 4.69) is 35.2 Å². The van der Waals surface area contributed by atoms with Gasteiger partial charge in [0.1, 0.15) is 5.75 Å². The Kier molecular flexibility index (Phi) is 8.31. The van der Waals surface area contributed by atoms with Crippen LogP contribution in [0.25, 0.3) is 17.3 Å². The highest BCUT2D eigenvalue weighted by molar-refractivity contribution is 8.18. The Morgan fingerprint density at radius 2 is 1.88 bits per heavy atom. The van der Waals surface area contributed by atoms with E-state index in [0.29, 0.717) is 40.4 Å². The van der Waals surface area contributed by atoms with Crippen LogP contribution >= 0.6 is 11.8 Å². The van der Waals surface area contributed by atoms with Crippen LogP contribution < -0.4 is 20.3 Å². The summed E-state index contributed by atoms with van der Waals surface area (Å²) in [5, 5.41) is 5.25. The van der Waals surface area contributed by atoms with Crippen molar-refractivity contribution in [2.24, 2.45) is 5.92 Å². The molecule has 1 aromatic carbocycles. The fourth-order valence-corrected chi connectivity index (χ4v) is 5.18. The highest BCUT2D eigenvalue weighted by Crippen LogP contribution is 2.33. The first-order valence-corrected chi connectivity index (χ1v) is 13.4. The third-order valence-corrected chi connectivity index (χ3v) is 7.23. The molecule has 5 rings (SSSR count). The van der Waals surface area contributed by atoms with Gasteiger partial charge in [-0.15, -0.1) is 13.2 Å². The average Bonchev–Trinajstić information content (AvgIpc) is 3.25. The van der Waals surface area contributed by atoms with Crippen LogP contribution in [0.2, 0.25) is 0 Å². The molecule has 0 radical (unpaired) electrons. The minimum Gasteiger partial charge on any atom is -0.405 e. The van der Waals surface area contributed by atoms with Gasteiger partial charge in [-0.05, 0) is 73.5 Å². The summed E-state index contributed by atoms with van der Waals surface area (Å²) in [7, 11) is 0. The molecule has 0 unspecified atom stereocenters. The van der Waals surface area contributed by atoms with Crippen LogP contribution in [0.4, 0.5) is 23.9 Å². The number of aromatic nitrogens is 3. The lowest BCUT2D eigenvalue weighted by molar-refractivity contribution is -0.274. The molecule has 0 spiro atoms. The van der Waals surface area contributed by atoms with Crippen LogP contribution in [-0.2, 0) is 11.3 Å². The van der Waals surface area contributed by atoms with Gasteiger partial charge in [-0.25, -0.2) is 9.97 Å². The lowest BCUT2D eigenvalue weighted by atomic mass is 9.97. The van der Waals surface area contributed by atoms with Crippen LogP contribution in [0.5, 0.6) is 5.75 Å². The van der Waals surface area contributed by atoms with Gasteiger partial charge < -0.3 is 15.0 Å². The topological polar surface area (TPSA) is 109 Å². The summed E-state index contributed by atoms with van der Waals surface area (Å²) in [6.07, 6.45) is 0.272. The van der Waals surface area contributed by atoms with E-state index in [1.807, 2.05) is 6.07 Å². The molecule has 0 aliphatic carbocycles. The van der Waals surface area contributed by atoms with E-state index >= 15 is 0 Å². The van der Waals surface area contributed by atoms with Gasteiger partial charge in [0.25, 0.3) is 11.1 Å². The number of para-hydroxylation sites is 1. The van der Waals surface area contributed by atoms with Crippen molar-refractivity contribution in [1.29, 1.82) is 0 Å². The molecule has 2 saturated heterocycles. The molecule has 0 atom stereocenters. The number of benzene rings is 1. The summed E-state index contributed by atoms with van der Waals surface area (Å²) in [4.78, 5) is 39.0. The number of carbonyl (C=O) groups excluding carboxylic acids is 2. The lowest BCUT2D eigenvalue weighted by Crippen LogP contribution is -2.38. The van der Waals surface area contributed by atoms with Gasteiger partial charge in [0.05, 0.1) is 22.0 Å². The smallest absolute Gasteiger partial charge is 0.405 e. The Balaban J connectivity index is 1.13. The molecule has 40 heavy (non-hydrogen) atoms. The molecule has 208 valence electrons. The maximum atomic E-state index is 12.8. The Labute approximate surface area is 232 Å². The minimum absolute atomic E-state index is 0.273. The van der Waals surface area contributed by atoms with Crippen molar-refractivity contribution in [2.45, 2.75) is 25.7 Å². The number of nitrogens with one attached hydrogen (secondary N) is 2. The number of amides is 2. The maximum absolute atomic E-state index is 12.8. The zero-order valence-corrected chi connectivity index (χ0v) is 22.0. The summed E-state index contributed by atoms with van der Waals surface area (Å²) in [6.45, 7) is 2.78. The number of ether oxygens (including phenoxy) is 1. The number of halogens is 3. The van der Waals surface area contributed by atoms with Crippen molar-refractivity contribution in [3.8, 4) is 17.0 Å². The fraction of sp³-hybridized carbons (Fsp3) is 0.296. The number of imide groups is 1. The predicted octanol–water partition coefficient (Wildman–Crippen LogP) is 4.77. The number of thioether (sulfide) groups is 1. The molecule has 2 aliphatic rings. The number of alkyl halides is 3. The van der Waals surface area contributed by atoms with Gasteiger partial charge >= 0.3 is 6.36 Å². The zero-order valence-electron chi connectivity index (χ0n) is 21.1. The molecule has 4 heterocycles. The number of anilines is 1. The number of hydrogen-bond acceptors (Lipinski definition) is 9. The quantitative estimate of drug-likeness (QED) is 0.370. The first-order valence-electron chi connectivity index (χ1n) is 12.6. The lowest BCUT2D eigenvalue weighted by Gasteiger charge is -2.32. The van der Waals surface area contributed by atoms with Gasteiger partial charge in [-0.1, -0.05) is 18.2 Å². The molecule has 9 nitrogen and oxygen atoms in total. The number of pyridine rings is 1. The van der Waals surface area contributed by atoms with Crippen LogP contribution in [0.15, 0.2) is 59.6 Å². The van der Waals surface area contributed by atoms with E-state index in [1.165, 1.54) is 12.1 Å². The first-order chi connectivity index (χ1) is 19.2. The molecule has 2 aliphatic heterocycles. The Bertz CT molecular complexity index is 1430. The first kappa shape index (κ1) is 27.6. The second kappa shape index (κ2) is 12.0. The van der Waals surface area contributed by atoms with E-state index in [0.717, 1.165) is 44.2 Å². The highest BCUT2D eigenvalue weighted by Gasteiger charge is 2.32. The second-order valence-electron chi connectivity index (χ2n) is 9.25. The zero-order chi connectivity index (χ0) is 28.1. The van der Waals surface area contributed by atoms with Crippen LogP contribution in [0.1, 0.15) is 24.2 Å². The standard InChI is InChI=1S/C27H25F3N6O3S/c28-27(29,30)39-22-7-2-1-5-20(22)21-6-3-4-19(33-21)16-31-15-17-9-12-36(13-10-17)25-32-11-8-18(34-25)14-23-24(37)35-26(38)40-23/h1-8,11,14,17,31H,9-10,12-13,15-16H2,(H,35,37,38)/b23-14-. The number of piperidine rings is 1. The fourth-order valence-electron chi connectivity index (χ4n) is 4.51. The van der Waals surface area contributed by atoms with E-state index in [9.17, 15) is 22.8 Å². The predicted molar refractivity (Wildman–Crippen MR) is 144 cm³/mol. The van der Waals surface area contributed by atoms with Gasteiger partial charge in [0.15, 0.2) is 0 Å².